The second-order valence-corrected chi connectivity index (χ2v) is 9.52. The summed E-state index contributed by atoms with van der Waals surface area (Å²) in [5.74, 6) is 0.0459. The maximum atomic E-state index is 12.4. The van der Waals surface area contributed by atoms with Gasteiger partial charge in [-0.25, -0.2) is 4.98 Å². The number of hydrogen-bond acceptors (Lipinski definition) is 6. The van der Waals surface area contributed by atoms with Crippen molar-refractivity contribution in [3.63, 3.8) is 0 Å². The van der Waals surface area contributed by atoms with Gasteiger partial charge in [-0.15, -0.1) is 11.3 Å². The van der Waals surface area contributed by atoms with E-state index < -0.39 is 0 Å². The Kier molecular flexibility index (Phi) is 6.15. The van der Waals surface area contributed by atoms with E-state index in [0.717, 1.165) is 22.5 Å². The molecule has 4 aromatic rings. The van der Waals surface area contributed by atoms with Gasteiger partial charge in [-0.2, -0.15) is 0 Å². The molecule has 0 atom stereocenters. The molecule has 0 spiro atoms. The van der Waals surface area contributed by atoms with E-state index in [2.05, 4.69) is 41.5 Å². The number of anilines is 1. The fraction of sp³-hybridized carbons (Fsp3) is 0.250. The zero-order valence-corrected chi connectivity index (χ0v) is 19.7. The van der Waals surface area contributed by atoms with Crippen molar-refractivity contribution < 1.29 is 14.1 Å². The summed E-state index contributed by atoms with van der Waals surface area (Å²) in [6, 6.07) is 11.4. The van der Waals surface area contributed by atoms with Gasteiger partial charge in [-0.1, -0.05) is 23.4 Å². The zero-order valence-electron chi connectivity index (χ0n) is 18.9. The number of rotatable bonds is 6. The predicted molar refractivity (Wildman–Crippen MR) is 128 cm³/mol. The summed E-state index contributed by atoms with van der Waals surface area (Å²) in [6.07, 6.45) is 3.62. The van der Waals surface area contributed by atoms with Crippen LogP contribution in [0.2, 0.25) is 0 Å². The summed E-state index contributed by atoms with van der Waals surface area (Å²) in [6.45, 7) is 7.88. The van der Waals surface area contributed by atoms with Crippen LogP contribution >= 0.6 is 11.3 Å². The van der Waals surface area contributed by atoms with E-state index >= 15 is 0 Å². The minimum Gasteiger partial charge on any atom is -0.356 e. The molecular weight excluding hydrogens is 438 g/mol. The van der Waals surface area contributed by atoms with Crippen LogP contribution in [-0.2, 0) is 10.3 Å². The molecule has 0 aliphatic carbocycles. The highest BCUT2D eigenvalue weighted by atomic mass is 32.1. The topological polar surface area (TPSA) is 102 Å². The Morgan fingerprint density at radius 2 is 1.94 bits per heavy atom. The standard InChI is InChI=1S/C24H25N5O3S/c1-15-10-20(32-28-15)17-7-5-6-16(11-17)19-14-33-23(26-19)27-21(30)12-25-22(31)18-8-9-29(13-18)24(2,3)4/h5-11,13-14H,12H2,1-4H3,(H,25,31)(H,26,27,30). The number of carbonyl (C=O) groups excluding carboxylic acids is 2. The van der Waals surface area contributed by atoms with E-state index in [0.29, 0.717) is 16.5 Å². The molecule has 8 nitrogen and oxygen atoms in total. The van der Waals surface area contributed by atoms with Crippen LogP contribution in [0.25, 0.3) is 22.6 Å². The van der Waals surface area contributed by atoms with Crippen LogP contribution in [0.4, 0.5) is 5.13 Å². The van der Waals surface area contributed by atoms with Crippen LogP contribution in [0.1, 0.15) is 36.8 Å². The molecule has 170 valence electrons. The summed E-state index contributed by atoms with van der Waals surface area (Å²) in [5, 5.41) is 11.6. The third-order valence-corrected chi connectivity index (χ3v) is 5.72. The number of benzene rings is 1. The number of nitrogens with zero attached hydrogens (tertiary/aromatic N) is 3. The number of carbonyl (C=O) groups is 2. The van der Waals surface area contributed by atoms with Gasteiger partial charge in [-0.3, -0.25) is 9.59 Å². The molecule has 3 aromatic heterocycles. The molecule has 33 heavy (non-hydrogen) atoms. The Hall–Kier alpha value is -3.72. The van der Waals surface area contributed by atoms with Crippen LogP contribution in [0.5, 0.6) is 0 Å². The van der Waals surface area contributed by atoms with E-state index in [1.807, 2.05) is 53.4 Å². The molecule has 9 heteroatoms. The van der Waals surface area contributed by atoms with E-state index in [9.17, 15) is 9.59 Å². The average molecular weight is 464 g/mol. The van der Waals surface area contributed by atoms with Gasteiger partial charge in [0.05, 0.1) is 23.5 Å². The molecule has 0 saturated heterocycles. The van der Waals surface area contributed by atoms with Gasteiger partial charge in [0.2, 0.25) is 5.91 Å². The summed E-state index contributed by atoms with van der Waals surface area (Å²) in [4.78, 5) is 29.2. The number of amides is 2. The minimum atomic E-state index is -0.342. The molecule has 0 aliphatic heterocycles. The monoisotopic (exact) mass is 463 g/mol. The van der Waals surface area contributed by atoms with Crippen molar-refractivity contribution in [2.45, 2.75) is 33.2 Å². The molecule has 0 aliphatic rings. The number of aromatic nitrogens is 3. The molecule has 2 N–H and O–H groups in total. The quantitative estimate of drug-likeness (QED) is 0.432. The van der Waals surface area contributed by atoms with Crippen LogP contribution in [0.15, 0.2) is 58.7 Å². The molecule has 4 rings (SSSR count). The predicted octanol–water partition coefficient (Wildman–Crippen LogP) is 4.70. The van der Waals surface area contributed by atoms with Gasteiger partial charge in [-0.05, 0) is 39.8 Å². The molecule has 0 unspecified atom stereocenters. The second-order valence-electron chi connectivity index (χ2n) is 8.66. The number of hydrogen-bond donors (Lipinski definition) is 2. The lowest BCUT2D eigenvalue weighted by Gasteiger charge is -2.20. The first kappa shape index (κ1) is 22.5. The smallest absolute Gasteiger partial charge is 0.253 e. The summed E-state index contributed by atoms with van der Waals surface area (Å²) < 4.78 is 7.29. The van der Waals surface area contributed by atoms with Crippen molar-refractivity contribution in [2.75, 3.05) is 11.9 Å². The van der Waals surface area contributed by atoms with E-state index in [-0.39, 0.29) is 23.9 Å². The van der Waals surface area contributed by atoms with Gasteiger partial charge in [0, 0.05) is 40.5 Å². The Morgan fingerprint density at radius 3 is 2.64 bits per heavy atom. The molecule has 0 fully saturated rings. The largest absolute Gasteiger partial charge is 0.356 e. The highest BCUT2D eigenvalue weighted by Crippen LogP contribution is 2.29. The molecule has 0 radical (unpaired) electrons. The van der Waals surface area contributed by atoms with Crippen LogP contribution in [-0.4, -0.2) is 33.1 Å². The molecule has 2 amide bonds. The molecule has 0 bridgehead atoms. The van der Waals surface area contributed by atoms with Crippen molar-refractivity contribution >= 4 is 28.3 Å². The average Bonchev–Trinajstić information content (AvgIpc) is 3.52. The molecule has 0 saturated carbocycles. The highest BCUT2D eigenvalue weighted by molar-refractivity contribution is 7.14. The minimum absolute atomic E-state index is 0.119. The first-order chi connectivity index (χ1) is 15.7. The number of aryl methyl sites for hydroxylation is 1. The Labute approximate surface area is 195 Å². The first-order valence-electron chi connectivity index (χ1n) is 10.5. The molecular formula is C24H25N5O3S. The van der Waals surface area contributed by atoms with Crippen LogP contribution in [0.3, 0.4) is 0 Å². The third kappa shape index (κ3) is 5.38. The van der Waals surface area contributed by atoms with Gasteiger partial charge in [0.1, 0.15) is 0 Å². The second kappa shape index (κ2) is 9.03. The van der Waals surface area contributed by atoms with Gasteiger partial charge >= 0.3 is 0 Å². The highest BCUT2D eigenvalue weighted by Gasteiger charge is 2.16. The summed E-state index contributed by atoms with van der Waals surface area (Å²) in [5.41, 5.74) is 3.74. The maximum Gasteiger partial charge on any atom is 0.253 e. The first-order valence-corrected chi connectivity index (χ1v) is 11.3. The molecule has 1 aromatic carbocycles. The fourth-order valence-corrected chi connectivity index (χ4v) is 3.91. The summed E-state index contributed by atoms with van der Waals surface area (Å²) >= 11 is 1.32. The van der Waals surface area contributed by atoms with Crippen molar-refractivity contribution in [3.8, 4) is 22.6 Å². The normalized spacial score (nSPS) is 11.4. The van der Waals surface area contributed by atoms with Gasteiger partial charge in [0.25, 0.3) is 5.91 Å². The van der Waals surface area contributed by atoms with Crippen molar-refractivity contribution in [2.24, 2.45) is 0 Å². The SMILES string of the molecule is Cc1cc(-c2cccc(-c3csc(NC(=O)CNC(=O)c4ccn(C(C)(C)C)c4)n3)c2)on1. The fourth-order valence-electron chi connectivity index (χ4n) is 3.17. The summed E-state index contributed by atoms with van der Waals surface area (Å²) in [7, 11) is 0. The van der Waals surface area contributed by atoms with Crippen LogP contribution < -0.4 is 10.6 Å². The third-order valence-electron chi connectivity index (χ3n) is 4.96. The van der Waals surface area contributed by atoms with Crippen molar-refractivity contribution in [3.05, 3.63) is 65.4 Å². The maximum absolute atomic E-state index is 12.4. The van der Waals surface area contributed by atoms with E-state index in [1.165, 1.54) is 11.3 Å². The lowest BCUT2D eigenvalue weighted by atomic mass is 10.1. The van der Waals surface area contributed by atoms with Crippen molar-refractivity contribution in [1.82, 2.24) is 20.0 Å². The number of thiazole rings is 1. The molecule has 3 heterocycles. The lowest BCUT2D eigenvalue weighted by Crippen LogP contribution is -2.32. The van der Waals surface area contributed by atoms with E-state index in [4.69, 9.17) is 4.52 Å². The Balaban J connectivity index is 1.35. The lowest BCUT2D eigenvalue weighted by molar-refractivity contribution is -0.115. The van der Waals surface area contributed by atoms with Gasteiger partial charge in [0.15, 0.2) is 10.9 Å². The number of nitrogens with one attached hydrogen (secondary N) is 2. The van der Waals surface area contributed by atoms with Crippen LogP contribution in [0, 0.1) is 6.92 Å². The van der Waals surface area contributed by atoms with Crippen molar-refractivity contribution in [1.29, 1.82) is 0 Å². The van der Waals surface area contributed by atoms with E-state index in [1.54, 1.807) is 12.3 Å². The Bertz CT molecular complexity index is 1300. The zero-order chi connectivity index (χ0) is 23.6. The van der Waals surface area contributed by atoms with Gasteiger partial charge < -0.3 is 19.7 Å². The Morgan fingerprint density at radius 1 is 1.15 bits per heavy atom.